The smallest absolute Gasteiger partial charge is 0.0897 e. The van der Waals surface area contributed by atoms with Crippen molar-refractivity contribution in [2.45, 2.75) is 38.9 Å². The van der Waals surface area contributed by atoms with Crippen LogP contribution in [0.25, 0.3) is 5.20 Å². The van der Waals surface area contributed by atoms with Crippen molar-refractivity contribution in [1.29, 1.82) is 0 Å². The van der Waals surface area contributed by atoms with Gasteiger partial charge in [-0.05, 0) is 22.9 Å². The van der Waals surface area contributed by atoms with Crippen LogP contribution in [-0.2, 0) is 0 Å². The minimum absolute atomic E-state index is 0.674. The van der Waals surface area contributed by atoms with Crippen molar-refractivity contribution in [2.75, 3.05) is 0 Å². The van der Waals surface area contributed by atoms with Crippen LogP contribution >= 0.6 is 11.6 Å². The molecule has 0 radical (unpaired) electrons. The quantitative estimate of drug-likeness (QED) is 0.602. The summed E-state index contributed by atoms with van der Waals surface area (Å²) in [5, 5.41) is 1.58. The Balaban J connectivity index is 3.24. The van der Waals surface area contributed by atoms with Crippen LogP contribution in [0.15, 0.2) is 30.6 Å². The van der Waals surface area contributed by atoms with Gasteiger partial charge in [0.25, 0.3) is 0 Å². The van der Waals surface area contributed by atoms with Gasteiger partial charge in [-0.1, -0.05) is 62.6 Å². The van der Waals surface area contributed by atoms with E-state index in [1.165, 1.54) is 0 Å². The summed E-state index contributed by atoms with van der Waals surface area (Å²) in [5.41, 5.74) is 0.956. The van der Waals surface area contributed by atoms with E-state index in [2.05, 4.69) is 20.8 Å². The van der Waals surface area contributed by atoms with Crippen LogP contribution in [0.4, 0.5) is 4.39 Å². The summed E-state index contributed by atoms with van der Waals surface area (Å²) < 4.78 is 13.4. The molecule has 0 saturated carbocycles. The van der Waals surface area contributed by atoms with Crippen LogP contribution in [0.2, 0.25) is 23.2 Å². The Morgan fingerprint density at radius 1 is 1.24 bits per heavy atom. The van der Waals surface area contributed by atoms with Gasteiger partial charge in [-0.2, -0.15) is 0 Å². The van der Waals surface area contributed by atoms with Crippen LogP contribution in [0, 0.1) is 0 Å². The van der Waals surface area contributed by atoms with Gasteiger partial charge in [0.2, 0.25) is 0 Å². The van der Waals surface area contributed by atoms with Gasteiger partial charge in [-0.25, -0.2) is 4.39 Å². The molecular formula is C14H20ClFSi. The van der Waals surface area contributed by atoms with Gasteiger partial charge in [0, 0.05) is 5.02 Å². The van der Waals surface area contributed by atoms with Crippen LogP contribution in [0.3, 0.4) is 0 Å². The lowest BCUT2D eigenvalue weighted by Gasteiger charge is -2.30. The van der Waals surface area contributed by atoms with E-state index >= 15 is 0 Å². The molecule has 0 atom stereocenters. The first-order chi connectivity index (χ1) is 8.13. The van der Waals surface area contributed by atoms with E-state index < -0.39 is 8.07 Å². The number of benzene rings is 1. The third-order valence-corrected chi connectivity index (χ3v) is 9.68. The van der Waals surface area contributed by atoms with Gasteiger partial charge >= 0.3 is 0 Å². The van der Waals surface area contributed by atoms with E-state index in [1.807, 2.05) is 24.3 Å². The van der Waals surface area contributed by atoms with Crippen molar-refractivity contribution in [3.63, 3.8) is 0 Å². The van der Waals surface area contributed by atoms with E-state index in [1.54, 1.807) is 0 Å². The first-order valence-corrected chi connectivity index (χ1v) is 9.20. The molecule has 17 heavy (non-hydrogen) atoms. The monoisotopic (exact) mass is 270 g/mol. The Bertz CT molecular complexity index is 389. The second-order valence-electron chi connectivity index (χ2n) is 4.37. The predicted molar refractivity (Wildman–Crippen MR) is 77.7 cm³/mol. The fourth-order valence-corrected chi connectivity index (χ4v) is 6.29. The highest BCUT2D eigenvalue weighted by atomic mass is 35.5. The van der Waals surface area contributed by atoms with Crippen LogP contribution in [-0.4, -0.2) is 8.07 Å². The molecule has 0 N–H and O–H groups in total. The molecule has 0 heterocycles. The molecule has 94 valence electrons. The zero-order valence-electron chi connectivity index (χ0n) is 10.8. The van der Waals surface area contributed by atoms with E-state index in [4.69, 9.17) is 11.6 Å². The SMILES string of the molecule is CC[Si](CC)(CC)/C(=C\F)c1cccc(Cl)c1. The van der Waals surface area contributed by atoms with E-state index in [0.717, 1.165) is 35.2 Å². The summed E-state index contributed by atoms with van der Waals surface area (Å²) in [6.45, 7) is 6.52. The lowest BCUT2D eigenvalue weighted by molar-refractivity contribution is 0.725. The molecule has 0 bridgehead atoms. The highest BCUT2D eigenvalue weighted by Gasteiger charge is 2.32. The fraction of sp³-hybridized carbons (Fsp3) is 0.429. The predicted octanol–water partition coefficient (Wildman–Crippen LogP) is 5.70. The van der Waals surface area contributed by atoms with Gasteiger partial charge < -0.3 is 0 Å². The molecule has 0 fully saturated rings. The average molecular weight is 271 g/mol. The van der Waals surface area contributed by atoms with Crippen molar-refractivity contribution in [3.05, 3.63) is 41.2 Å². The van der Waals surface area contributed by atoms with E-state index in [0.29, 0.717) is 5.02 Å². The maximum Gasteiger partial charge on any atom is 0.0897 e. The summed E-state index contributed by atoms with van der Waals surface area (Å²) in [5.74, 6) is 0. The van der Waals surface area contributed by atoms with Crippen LogP contribution in [0.1, 0.15) is 26.3 Å². The molecule has 0 nitrogen and oxygen atoms in total. The van der Waals surface area contributed by atoms with Gasteiger partial charge in [0.1, 0.15) is 0 Å². The third kappa shape index (κ3) is 2.99. The minimum atomic E-state index is -1.68. The molecular weight excluding hydrogens is 251 g/mol. The maximum absolute atomic E-state index is 13.4. The molecule has 0 aliphatic carbocycles. The topological polar surface area (TPSA) is 0 Å². The van der Waals surface area contributed by atoms with Crippen molar-refractivity contribution in [2.24, 2.45) is 0 Å². The molecule has 0 aromatic heterocycles. The van der Waals surface area contributed by atoms with Crippen molar-refractivity contribution < 1.29 is 4.39 Å². The Morgan fingerprint density at radius 2 is 1.82 bits per heavy atom. The van der Waals surface area contributed by atoms with Crippen LogP contribution < -0.4 is 0 Å². The van der Waals surface area contributed by atoms with Crippen LogP contribution in [0.5, 0.6) is 0 Å². The number of hydrogen-bond donors (Lipinski definition) is 0. The largest absolute Gasteiger partial charge is 0.216 e. The highest BCUT2D eigenvalue weighted by molar-refractivity contribution is 6.96. The first-order valence-electron chi connectivity index (χ1n) is 6.20. The minimum Gasteiger partial charge on any atom is -0.216 e. The third-order valence-electron chi connectivity index (χ3n) is 3.85. The molecule has 3 heteroatoms. The summed E-state index contributed by atoms with van der Waals surface area (Å²) in [4.78, 5) is 0. The second kappa shape index (κ2) is 6.36. The second-order valence-corrected chi connectivity index (χ2v) is 10.0. The number of rotatable bonds is 5. The molecule has 0 saturated heterocycles. The fourth-order valence-electron chi connectivity index (χ4n) is 2.46. The molecule has 0 spiro atoms. The molecule has 1 aromatic rings. The lowest BCUT2D eigenvalue weighted by atomic mass is 10.2. The highest BCUT2D eigenvalue weighted by Crippen LogP contribution is 2.36. The van der Waals surface area contributed by atoms with E-state index in [-0.39, 0.29) is 0 Å². The Kier molecular flexibility index (Phi) is 5.41. The Hall–Kier alpha value is -0.603. The zero-order valence-corrected chi connectivity index (χ0v) is 12.5. The van der Waals surface area contributed by atoms with Gasteiger partial charge in [0.05, 0.1) is 14.4 Å². The number of halogens is 2. The van der Waals surface area contributed by atoms with Gasteiger partial charge in [0.15, 0.2) is 0 Å². The summed E-state index contributed by atoms with van der Waals surface area (Å²) >= 11 is 5.99. The Labute approximate surface area is 110 Å². The molecule has 1 rings (SSSR count). The van der Waals surface area contributed by atoms with Crippen molar-refractivity contribution in [1.82, 2.24) is 0 Å². The average Bonchev–Trinajstić information content (AvgIpc) is 2.36. The summed E-state index contributed by atoms with van der Waals surface area (Å²) in [6, 6.07) is 10.8. The number of hydrogen-bond acceptors (Lipinski definition) is 0. The van der Waals surface area contributed by atoms with Crippen molar-refractivity contribution >= 4 is 24.9 Å². The summed E-state index contributed by atoms with van der Waals surface area (Å²) in [6.07, 6.45) is 0.814. The standard InChI is InChI=1S/C14H20ClFSi/c1-4-17(5-2,6-3)14(11-16)12-8-7-9-13(15)10-12/h7-11H,4-6H2,1-3H3/b14-11-. The Morgan fingerprint density at radius 3 is 2.24 bits per heavy atom. The maximum atomic E-state index is 13.4. The molecule has 0 aliphatic heterocycles. The molecule has 0 amide bonds. The normalized spacial score (nSPS) is 12.9. The van der Waals surface area contributed by atoms with E-state index in [9.17, 15) is 4.39 Å². The molecule has 1 aromatic carbocycles. The zero-order chi connectivity index (χ0) is 12.9. The molecule has 0 aliphatic rings. The van der Waals surface area contributed by atoms with Gasteiger partial charge in [-0.15, -0.1) is 0 Å². The first kappa shape index (κ1) is 14.5. The molecule has 0 unspecified atom stereocenters. The van der Waals surface area contributed by atoms with Gasteiger partial charge in [-0.3, -0.25) is 0 Å². The lowest BCUT2D eigenvalue weighted by Crippen LogP contribution is -2.33. The van der Waals surface area contributed by atoms with Crippen molar-refractivity contribution in [3.8, 4) is 0 Å². The summed E-state index contributed by atoms with van der Waals surface area (Å²) in [7, 11) is -1.68.